The van der Waals surface area contributed by atoms with Gasteiger partial charge in [-0.05, 0) is 54.8 Å². The lowest BCUT2D eigenvalue weighted by molar-refractivity contribution is 0.306. The van der Waals surface area contributed by atoms with E-state index >= 15 is 0 Å². The van der Waals surface area contributed by atoms with Crippen molar-refractivity contribution in [1.29, 1.82) is 0 Å². The van der Waals surface area contributed by atoms with Gasteiger partial charge in [-0.1, -0.05) is 12.1 Å². The Hall–Kier alpha value is -2.03. The summed E-state index contributed by atoms with van der Waals surface area (Å²) in [5.41, 5.74) is 1.12. The predicted octanol–water partition coefficient (Wildman–Crippen LogP) is 3.98. The molecule has 0 spiro atoms. The van der Waals surface area contributed by atoms with Crippen LogP contribution in [0.5, 0.6) is 11.5 Å². The highest BCUT2D eigenvalue weighted by Gasteiger charge is 2.00. The van der Waals surface area contributed by atoms with Gasteiger partial charge in [0.1, 0.15) is 17.3 Å². The molecule has 0 aliphatic carbocycles. The van der Waals surface area contributed by atoms with E-state index in [2.05, 4.69) is 15.6 Å². The molecule has 0 bridgehead atoms. The maximum Gasteiger partial charge on any atom is 0.191 e. The monoisotopic (exact) mass is 487 g/mol. The maximum atomic E-state index is 12.8. The number of unbranched alkanes of at least 4 members (excludes halogenated alkanes) is 1. The first-order chi connectivity index (χ1) is 12.7. The van der Waals surface area contributed by atoms with E-state index in [4.69, 9.17) is 9.47 Å². The van der Waals surface area contributed by atoms with Crippen LogP contribution < -0.4 is 20.1 Å². The minimum atomic E-state index is -0.255. The number of nitrogens with one attached hydrogen (secondary N) is 2. The topological polar surface area (TPSA) is 54.9 Å². The van der Waals surface area contributed by atoms with Gasteiger partial charge in [-0.3, -0.25) is 4.99 Å². The number of aliphatic imine (C=N–C) groups is 1. The van der Waals surface area contributed by atoms with Crippen LogP contribution in [-0.2, 0) is 6.54 Å². The lowest BCUT2D eigenvalue weighted by Gasteiger charge is -2.12. The van der Waals surface area contributed by atoms with Gasteiger partial charge in [0.25, 0.3) is 0 Å². The van der Waals surface area contributed by atoms with Crippen molar-refractivity contribution in [3.05, 3.63) is 59.9 Å². The maximum absolute atomic E-state index is 12.8. The molecule has 5 nitrogen and oxygen atoms in total. The minimum absolute atomic E-state index is 0. The van der Waals surface area contributed by atoms with Gasteiger partial charge in [0, 0.05) is 20.1 Å². The number of guanidine groups is 1. The smallest absolute Gasteiger partial charge is 0.191 e. The highest BCUT2D eigenvalue weighted by Crippen LogP contribution is 2.12. The SMILES string of the molecule is CN=C(NCCCCOc1ccc(F)cc1)NCc1cccc(OC)c1.I. The Balaban J connectivity index is 0.00000364. The summed E-state index contributed by atoms with van der Waals surface area (Å²) in [6, 6.07) is 14.0. The second kappa shape index (κ2) is 13.2. The van der Waals surface area contributed by atoms with Gasteiger partial charge in [0.15, 0.2) is 5.96 Å². The number of benzene rings is 2. The molecule has 7 heteroatoms. The Kier molecular flexibility index (Phi) is 11.2. The van der Waals surface area contributed by atoms with Crippen LogP contribution in [0, 0.1) is 5.82 Å². The fourth-order valence-corrected chi connectivity index (χ4v) is 2.34. The molecule has 2 N–H and O–H groups in total. The number of ether oxygens (including phenoxy) is 2. The van der Waals surface area contributed by atoms with Crippen molar-refractivity contribution >= 4 is 29.9 Å². The number of halogens is 2. The lowest BCUT2D eigenvalue weighted by atomic mass is 10.2. The van der Waals surface area contributed by atoms with Crippen molar-refractivity contribution in [2.24, 2.45) is 4.99 Å². The summed E-state index contributed by atoms with van der Waals surface area (Å²) < 4.78 is 23.6. The van der Waals surface area contributed by atoms with Crippen molar-refractivity contribution in [1.82, 2.24) is 10.6 Å². The molecule has 0 aliphatic rings. The standard InChI is InChI=1S/C20H26FN3O2.HI/c1-22-20(24-15-16-6-5-7-19(14-16)25-2)23-12-3-4-13-26-18-10-8-17(21)9-11-18;/h5-11,14H,3-4,12-13,15H2,1-2H3,(H2,22,23,24);1H. The van der Waals surface area contributed by atoms with E-state index < -0.39 is 0 Å². The summed E-state index contributed by atoms with van der Waals surface area (Å²) in [5.74, 6) is 2.03. The van der Waals surface area contributed by atoms with E-state index in [0.717, 1.165) is 36.7 Å². The third-order valence-corrected chi connectivity index (χ3v) is 3.76. The molecule has 0 saturated heterocycles. The molecule has 27 heavy (non-hydrogen) atoms. The summed E-state index contributed by atoms with van der Waals surface area (Å²) in [7, 11) is 3.41. The normalized spacial score (nSPS) is 10.7. The van der Waals surface area contributed by atoms with Crippen molar-refractivity contribution in [3.63, 3.8) is 0 Å². The number of hydrogen-bond acceptors (Lipinski definition) is 3. The van der Waals surface area contributed by atoms with Gasteiger partial charge >= 0.3 is 0 Å². The zero-order valence-electron chi connectivity index (χ0n) is 15.7. The van der Waals surface area contributed by atoms with Gasteiger partial charge in [-0.15, -0.1) is 24.0 Å². The summed E-state index contributed by atoms with van der Waals surface area (Å²) in [6.07, 6.45) is 1.85. The predicted molar refractivity (Wildman–Crippen MR) is 118 cm³/mol. The van der Waals surface area contributed by atoms with Crippen molar-refractivity contribution in [2.45, 2.75) is 19.4 Å². The second-order valence-corrected chi connectivity index (χ2v) is 5.71. The second-order valence-electron chi connectivity index (χ2n) is 5.71. The van der Waals surface area contributed by atoms with E-state index in [0.29, 0.717) is 18.9 Å². The van der Waals surface area contributed by atoms with Crippen LogP contribution in [0.4, 0.5) is 4.39 Å². The molecule has 0 unspecified atom stereocenters. The minimum Gasteiger partial charge on any atom is -0.497 e. The molecule has 0 atom stereocenters. The fourth-order valence-electron chi connectivity index (χ4n) is 2.34. The van der Waals surface area contributed by atoms with E-state index in [1.54, 1.807) is 26.3 Å². The van der Waals surface area contributed by atoms with Gasteiger partial charge in [0.2, 0.25) is 0 Å². The van der Waals surface area contributed by atoms with Crippen molar-refractivity contribution in [2.75, 3.05) is 27.3 Å². The molecule has 2 aromatic carbocycles. The third kappa shape index (κ3) is 8.94. The third-order valence-electron chi connectivity index (χ3n) is 3.76. The van der Waals surface area contributed by atoms with E-state index in [1.165, 1.54) is 12.1 Å². The largest absolute Gasteiger partial charge is 0.497 e. The molecule has 2 rings (SSSR count). The zero-order valence-corrected chi connectivity index (χ0v) is 18.0. The molecule has 0 heterocycles. The van der Waals surface area contributed by atoms with Crippen molar-refractivity contribution < 1.29 is 13.9 Å². The Morgan fingerprint density at radius 3 is 2.52 bits per heavy atom. The fraction of sp³-hybridized carbons (Fsp3) is 0.350. The van der Waals surface area contributed by atoms with Crippen LogP contribution in [0.3, 0.4) is 0 Å². The van der Waals surface area contributed by atoms with E-state index in [1.807, 2.05) is 24.3 Å². The number of nitrogens with zero attached hydrogens (tertiary/aromatic N) is 1. The Labute approximate surface area is 177 Å². The first-order valence-electron chi connectivity index (χ1n) is 8.67. The Bertz CT molecular complexity index is 696. The molecule has 0 aromatic heterocycles. The molecular weight excluding hydrogens is 460 g/mol. The van der Waals surface area contributed by atoms with E-state index in [9.17, 15) is 4.39 Å². The molecule has 148 valence electrons. The quantitative estimate of drug-likeness (QED) is 0.243. The van der Waals surface area contributed by atoms with Crippen LogP contribution in [0.15, 0.2) is 53.5 Å². The molecular formula is C20H27FIN3O2. The highest BCUT2D eigenvalue weighted by molar-refractivity contribution is 14.0. The molecule has 0 saturated carbocycles. The molecule has 2 aromatic rings. The highest BCUT2D eigenvalue weighted by atomic mass is 127. The lowest BCUT2D eigenvalue weighted by Crippen LogP contribution is -2.37. The molecule has 0 aliphatic heterocycles. The van der Waals surface area contributed by atoms with Gasteiger partial charge < -0.3 is 20.1 Å². The molecule has 0 fully saturated rings. The Morgan fingerprint density at radius 2 is 1.81 bits per heavy atom. The first kappa shape index (κ1) is 23.0. The number of methoxy groups -OCH3 is 1. The van der Waals surface area contributed by atoms with Crippen LogP contribution in [-0.4, -0.2) is 33.3 Å². The van der Waals surface area contributed by atoms with Crippen LogP contribution in [0.2, 0.25) is 0 Å². The van der Waals surface area contributed by atoms with Crippen LogP contribution in [0.1, 0.15) is 18.4 Å². The zero-order chi connectivity index (χ0) is 18.6. The Morgan fingerprint density at radius 1 is 1.04 bits per heavy atom. The number of hydrogen-bond donors (Lipinski definition) is 2. The van der Waals surface area contributed by atoms with Crippen molar-refractivity contribution in [3.8, 4) is 11.5 Å². The summed E-state index contributed by atoms with van der Waals surface area (Å²) in [4.78, 5) is 4.22. The van der Waals surface area contributed by atoms with Gasteiger partial charge in [-0.2, -0.15) is 0 Å². The molecule has 0 amide bonds. The number of rotatable bonds is 9. The average molecular weight is 487 g/mol. The van der Waals surface area contributed by atoms with E-state index in [-0.39, 0.29) is 29.8 Å². The average Bonchev–Trinajstić information content (AvgIpc) is 2.68. The summed E-state index contributed by atoms with van der Waals surface area (Å²) in [5, 5.41) is 6.55. The van der Waals surface area contributed by atoms with Crippen LogP contribution in [0.25, 0.3) is 0 Å². The first-order valence-corrected chi connectivity index (χ1v) is 8.67. The van der Waals surface area contributed by atoms with Gasteiger partial charge in [-0.25, -0.2) is 4.39 Å². The molecule has 0 radical (unpaired) electrons. The van der Waals surface area contributed by atoms with Gasteiger partial charge in [0.05, 0.1) is 13.7 Å². The summed E-state index contributed by atoms with van der Waals surface area (Å²) in [6.45, 7) is 2.07. The summed E-state index contributed by atoms with van der Waals surface area (Å²) >= 11 is 0. The van der Waals surface area contributed by atoms with Crippen LogP contribution >= 0.6 is 24.0 Å².